The van der Waals surface area contributed by atoms with Crippen LogP contribution >= 0.6 is 0 Å². The zero-order valence-corrected chi connectivity index (χ0v) is 12.0. The van der Waals surface area contributed by atoms with Crippen LogP contribution in [0.1, 0.15) is 58.6 Å². The Morgan fingerprint density at radius 2 is 2.00 bits per heavy atom. The zero-order chi connectivity index (χ0) is 13.4. The summed E-state index contributed by atoms with van der Waals surface area (Å²) in [5.74, 6) is 0.965. The highest BCUT2D eigenvalue weighted by Gasteiger charge is 2.36. The second kappa shape index (κ2) is 4.58. The van der Waals surface area contributed by atoms with Gasteiger partial charge in [0, 0.05) is 18.0 Å². The first kappa shape index (κ1) is 13.4. The lowest BCUT2D eigenvalue weighted by molar-refractivity contribution is 0.0350. The van der Waals surface area contributed by atoms with Crippen molar-refractivity contribution in [3.05, 3.63) is 29.8 Å². The van der Waals surface area contributed by atoms with Crippen molar-refractivity contribution in [1.29, 1.82) is 0 Å². The maximum Gasteiger partial charge on any atom is 0.124 e. The molecule has 2 heteroatoms. The fourth-order valence-corrected chi connectivity index (χ4v) is 2.55. The van der Waals surface area contributed by atoms with Gasteiger partial charge in [0.25, 0.3) is 0 Å². The summed E-state index contributed by atoms with van der Waals surface area (Å²) in [4.78, 5) is 0. The van der Waals surface area contributed by atoms with E-state index in [1.54, 1.807) is 0 Å². The molecule has 0 fully saturated rings. The highest BCUT2D eigenvalue weighted by atomic mass is 16.5. The molecule has 2 rings (SSSR count). The molecule has 2 N–H and O–H groups in total. The van der Waals surface area contributed by atoms with E-state index in [9.17, 15) is 0 Å². The fourth-order valence-electron chi connectivity index (χ4n) is 2.55. The number of fused-ring (bicyclic) bond motifs is 1. The van der Waals surface area contributed by atoms with E-state index in [0.29, 0.717) is 5.41 Å². The second-order valence-electron chi connectivity index (χ2n) is 6.96. The lowest BCUT2D eigenvalue weighted by Gasteiger charge is -2.40. The van der Waals surface area contributed by atoms with Crippen LogP contribution in [-0.4, -0.2) is 5.60 Å². The quantitative estimate of drug-likeness (QED) is 0.855. The van der Waals surface area contributed by atoms with Gasteiger partial charge in [-0.15, -0.1) is 0 Å². The van der Waals surface area contributed by atoms with E-state index < -0.39 is 0 Å². The lowest BCUT2D eigenvalue weighted by atomic mass is 9.80. The van der Waals surface area contributed by atoms with E-state index in [1.807, 2.05) is 18.2 Å². The van der Waals surface area contributed by atoms with E-state index in [0.717, 1.165) is 30.6 Å². The van der Waals surface area contributed by atoms with E-state index in [4.69, 9.17) is 10.5 Å². The van der Waals surface area contributed by atoms with Gasteiger partial charge in [-0.1, -0.05) is 39.0 Å². The third kappa shape index (κ3) is 3.05. The minimum absolute atomic E-state index is 0.0971. The van der Waals surface area contributed by atoms with Crippen LogP contribution in [0.4, 0.5) is 0 Å². The second-order valence-corrected chi connectivity index (χ2v) is 6.96. The van der Waals surface area contributed by atoms with Crippen molar-refractivity contribution in [2.45, 2.75) is 58.6 Å². The standard InChI is InChI=1S/C16H25NO/c1-15(2,3)9-10-16(4)11-13(17)12-7-5-6-8-14(12)18-16/h5-8,13H,9-11,17H2,1-4H3/t13-,16?/m0/s1. The van der Waals surface area contributed by atoms with Gasteiger partial charge in [0.05, 0.1) is 0 Å². The maximum atomic E-state index is 6.28. The molecule has 100 valence electrons. The Morgan fingerprint density at radius 1 is 1.33 bits per heavy atom. The van der Waals surface area contributed by atoms with E-state index in [2.05, 4.69) is 33.8 Å². The molecule has 0 aliphatic carbocycles. The monoisotopic (exact) mass is 247 g/mol. The number of para-hydroxylation sites is 1. The maximum absolute atomic E-state index is 6.28. The largest absolute Gasteiger partial charge is 0.487 e. The zero-order valence-electron chi connectivity index (χ0n) is 12.0. The molecular weight excluding hydrogens is 222 g/mol. The average Bonchev–Trinajstić information content (AvgIpc) is 2.26. The number of hydrogen-bond donors (Lipinski definition) is 1. The number of ether oxygens (including phenoxy) is 1. The molecule has 1 unspecified atom stereocenters. The van der Waals surface area contributed by atoms with Crippen molar-refractivity contribution >= 4 is 0 Å². The van der Waals surface area contributed by atoms with E-state index in [-0.39, 0.29) is 11.6 Å². The minimum atomic E-state index is -0.124. The Hall–Kier alpha value is -1.02. The smallest absolute Gasteiger partial charge is 0.124 e. The lowest BCUT2D eigenvalue weighted by Crippen LogP contribution is -2.41. The van der Waals surface area contributed by atoms with Gasteiger partial charge in [-0.25, -0.2) is 0 Å². The van der Waals surface area contributed by atoms with Gasteiger partial charge in [-0.2, -0.15) is 0 Å². The molecule has 0 radical (unpaired) electrons. The SMILES string of the molecule is CC(C)(C)CCC1(C)C[C@H](N)c2ccccc2O1. The number of rotatable bonds is 2. The highest BCUT2D eigenvalue weighted by molar-refractivity contribution is 5.38. The van der Waals surface area contributed by atoms with Crippen LogP contribution in [0.5, 0.6) is 5.75 Å². The summed E-state index contributed by atoms with van der Waals surface area (Å²) in [5.41, 5.74) is 7.64. The van der Waals surface area contributed by atoms with Gasteiger partial charge in [0.1, 0.15) is 11.4 Å². The summed E-state index contributed by atoms with van der Waals surface area (Å²) >= 11 is 0. The first-order valence-corrected chi connectivity index (χ1v) is 6.83. The Balaban J connectivity index is 2.14. The highest BCUT2D eigenvalue weighted by Crippen LogP contribution is 2.41. The minimum Gasteiger partial charge on any atom is -0.487 e. The van der Waals surface area contributed by atoms with E-state index >= 15 is 0 Å². The Labute approximate surface area is 111 Å². The Bertz CT molecular complexity index is 421. The van der Waals surface area contributed by atoms with Gasteiger partial charge in [-0.05, 0) is 31.2 Å². The Morgan fingerprint density at radius 3 is 2.67 bits per heavy atom. The summed E-state index contributed by atoms with van der Waals surface area (Å²) < 4.78 is 6.21. The molecule has 0 bridgehead atoms. The molecule has 1 aliphatic heterocycles. The van der Waals surface area contributed by atoms with Crippen LogP contribution in [0, 0.1) is 5.41 Å². The molecule has 1 aromatic rings. The average molecular weight is 247 g/mol. The normalized spacial score (nSPS) is 27.5. The van der Waals surface area contributed by atoms with Gasteiger partial charge in [-0.3, -0.25) is 0 Å². The first-order valence-electron chi connectivity index (χ1n) is 6.83. The predicted octanol–water partition coefficient (Wildman–Crippen LogP) is 4.05. The molecule has 1 aromatic carbocycles. The van der Waals surface area contributed by atoms with Crippen molar-refractivity contribution < 1.29 is 4.74 Å². The third-order valence-corrected chi connectivity index (χ3v) is 3.73. The number of benzene rings is 1. The molecule has 2 atom stereocenters. The molecule has 2 nitrogen and oxygen atoms in total. The van der Waals surface area contributed by atoms with Crippen molar-refractivity contribution in [2.24, 2.45) is 11.1 Å². The number of nitrogens with two attached hydrogens (primary N) is 1. The van der Waals surface area contributed by atoms with E-state index in [1.165, 1.54) is 0 Å². The summed E-state index contributed by atoms with van der Waals surface area (Å²) in [5, 5.41) is 0. The third-order valence-electron chi connectivity index (χ3n) is 3.73. The van der Waals surface area contributed by atoms with Gasteiger partial charge >= 0.3 is 0 Å². The molecular formula is C16H25NO. The first-order chi connectivity index (χ1) is 8.29. The molecule has 1 heterocycles. The van der Waals surface area contributed by atoms with Crippen LogP contribution in [0.2, 0.25) is 0 Å². The van der Waals surface area contributed by atoms with Crippen LogP contribution in [0.15, 0.2) is 24.3 Å². The Kier molecular flexibility index (Phi) is 3.41. The summed E-state index contributed by atoms with van der Waals surface area (Å²) in [6.45, 7) is 9.00. The van der Waals surface area contributed by atoms with Crippen LogP contribution < -0.4 is 10.5 Å². The molecule has 0 spiro atoms. The topological polar surface area (TPSA) is 35.2 Å². The predicted molar refractivity (Wildman–Crippen MR) is 75.7 cm³/mol. The van der Waals surface area contributed by atoms with Crippen LogP contribution in [0.3, 0.4) is 0 Å². The van der Waals surface area contributed by atoms with Crippen molar-refractivity contribution in [3.63, 3.8) is 0 Å². The van der Waals surface area contributed by atoms with Crippen LogP contribution in [0.25, 0.3) is 0 Å². The molecule has 0 amide bonds. The van der Waals surface area contributed by atoms with Gasteiger partial charge in [0.2, 0.25) is 0 Å². The van der Waals surface area contributed by atoms with Gasteiger partial charge in [0.15, 0.2) is 0 Å². The molecule has 1 aliphatic rings. The number of hydrogen-bond acceptors (Lipinski definition) is 2. The molecule has 18 heavy (non-hydrogen) atoms. The molecule has 0 saturated heterocycles. The summed E-state index contributed by atoms with van der Waals surface area (Å²) in [7, 11) is 0. The van der Waals surface area contributed by atoms with Crippen molar-refractivity contribution in [1.82, 2.24) is 0 Å². The fraction of sp³-hybridized carbons (Fsp3) is 0.625. The van der Waals surface area contributed by atoms with Crippen molar-refractivity contribution in [2.75, 3.05) is 0 Å². The van der Waals surface area contributed by atoms with Crippen molar-refractivity contribution in [3.8, 4) is 5.75 Å². The molecule has 0 aromatic heterocycles. The summed E-state index contributed by atoms with van der Waals surface area (Å²) in [6.07, 6.45) is 3.11. The molecule has 0 saturated carbocycles. The van der Waals surface area contributed by atoms with Crippen LogP contribution in [-0.2, 0) is 0 Å². The summed E-state index contributed by atoms with van der Waals surface area (Å²) in [6, 6.07) is 8.24. The van der Waals surface area contributed by atoms with Gasteiger partial charge < -0.3 is 10.5 Å².